The summed E-state index contributed by atoms with van der Waals surface area (Å²) in [6.07, 6.45) is 4.20. The molecule has 2 heterocycles. The Labute approximate surface area is 178 Å². The van der Waals surface area contributed by atoms with Crippen molar-refractivity contribution in [3.8, 4) is 0 Å². The van der Waals surface area contributed by atoms with Crippen molar-refractivity contribution in [2.24, 2.45) is 0 Å². The Morgan fingerprint density at radius 3 is 2.45 bits per heavy atom. The highest BCUT2D eigenvalue weighted by Crippen LogP contribution is 2.37. The maximum Gasteiger partial charge on any atom is 0.327 e. The van der Waals surface area contributed by atoms with Crippen LogP contribution >= 0.6 is 11.8 Å². The molecule has 29 heavy (non-hydrogen) atoms. The van der Waals surface area contributed by atoms with Crippen molar-refractivity contribution < 1.29 is 14.3 Å². The number of thioether (sulfide) groups is 1. The number of hydrogen-bond donors (Lipinski definition) is 0. The molecule has 0 saturated carbocycles. The van der Waals surface area contributed by atoms with Gasteiger partial charge in [-0.3, -0.25) is 14.6 Å². The van der Waals surface area contributed by atoms with Gasteiger partial charge in [0.15, 0.2) is 0 Å². The topological polar surface area (TPSA) is 53.1 Å². The quantitative estimate of drug-likeness (QED) is 0.576. The Kier molecular flexibility index (Phi) is 7.60. The van der Waals surface area contributed by atoms with Crippen molar-refractivity contribution in [2.45, 2.75) is 37.8 Å². The highest BCUT2D eigenvalue weighted by Gasteiger charge is 2.57. The fraction of sp³-hybridized carbons (Fsp3) is 0.636. The molecule has 1 aromatic rings. The number of urea groups is 1. The molecule has 6 nitrogen and oxygen atoms in total. The van der Waals surface area contributed by atoms with Crippen molar-refractivity contribution in [2.75, 3.05) is 51.9 Å². The van der Waals surface area contributed by atoms with Crippen molar-refractivity contribution in [3.05, 3.63) is 35.9 Å². The van der Waals surface area contributed by atoms with Gasteiger partial charge >= 0.3 is 6.03 Å². The van der Waals surface area contributed by atoms with Gasteiger partial charge in [0, 0.05) is 45.1 Å². The summed E-state index contributed by atoms with van der Waals surface area (Å²) >= 11 is 1.85. The van der Waals surface area contributed by atoms with E-state index < -0.39 is 5.54 Å². The highest BCUT2D eigenvalue weighted by atomic mass is 32.2. The SMILES string of the molecule is COCCN1C(=O)N(CCc2ccccc2)C(=O)C12CCN([C@@H](C)CSC)CC2. The first-order valence-electron chi connectivity index (χ1n) is 10.4. The summed E-state index contributed by atoms with van der Waals surface area (Å²) in [4.78, 5) is 32.4. The number of amides is 3. The van der Waals surface area contributed by atoms with Crippen molar-refractivity contribution in [1.82, 2.24) is 14.7 Å². The number of rotatable bonds is 9. The highest BCUT2D eigenvalue weighted by molar-refractivity contribution is 7.98. The second-order valence-corrected chi connectivity index (χ2v) is 8.90. The minimum Gasteiger partial charge on any atom is -0.383 e. The molecule has 0 radical (unpaired) electrons. The summed E-state index contributed by atoms with van der Waals surface area (Å²) in [5.41, 5.74) is 0.431. The van der Waals surface area contributed by atoms with E-state index in [9.17, 15) is 9.59 Å². The fourth-order valence-corrected chi connectivity index (χ4v) is 5.22. The number of methoxy groups -OCH3 is 1. The Morgan fingerprint density at radius 2 is 1.83 bits per heavy atom. The largest absolute Gasteiger partial charge is 0.383 e. The lowest BCUT2D eigenvalue weighted by Gasteiger charge is -2.44. The number of nitrogens with zero attached hydrogens (tertiary/aromatic N) is 3. The molecule has 0 N–H and O–H groups in total. The molecule has 2 aliphatic heterocycles. The molecule has 2 fully saturated rings. The third-order valence-corrected chi connectivity index (χ3v) is 7.08. The molecule has 2 aliphatic rings. The number of likely N-dealkylation sites (tertiary alicyclic amines) is 1. The normalized spacial score (nSPS) is 20.7. The molecule has 7 heteroatoms. The van der Waals surface area contributed by atoms with E-state index in [2.05, 4.69) is 18.1 Å². The minimum atomic E-state index is -0.706. The van der Waals surface area contributed by atoms with E-state index >= 15 is 0 Å². The van der Waals surface area contributed by atoms with Crippen LogP contribution in [0.15, 0.2) is 30.3 Å². The summed E-state index contributed by atoms with van der Waals surface area (Å²) in [6, 6.07) is 10.3. The van der Waals surface area contributed by atoms with Gasteiger partial charge in [-0.15, -0.1) is 0 Å². The minimum absolute atomic E-state index is 0.0216. The van der Waals surface area contributed by atoms with Crippen molar-refractivity contribution in [1.29, 1.82) is 0 Å². The molecule has 1 spiro atoms. The van der Waals surface area contributed by atoms with Crippen LogP contribution in [0.1, 0.15) is 25.3 Å². The molecule has 2 saturated heterocycles. The molecule has 1 atom stereocenters. The van der Waals surface area contributed by atoms with Gasteiger partial charge in [0.05, 0.1) is 6.61 Å². The summed E-state index contributed by atoms with van der Waals surface area (Å²) in [7, 11) is 1.63. The van der Waals surface area contributed by atoms with Gasteiger partial charge in [0.1, 0.15) is 5.54 Å². The van der Waals surface area contributed by atoms with Gasteiger partial charge in [-0.05, 0) is 38.0 Å². The molecular formula is C22H33N3O3S. The maximum atomic E-state index is 13.5. The van der Waals surface area contributed by atoms with Gasteiger partial charge in [-0.25, -0.2) is 4.79 Å². The lowest BCUT2D eigenvalue weighted by molar-refractivity contribution is -0.136. The average Bonchev–Trinajstić information content (AvgIpc) is 2.92. The van der Waals surface area contributed by atoms with Gasteiger partial charge in [0.2, 0.25) is 0 Å². The third kappa shape index (κ3) is 4.62. The second-order valence-electron chi connectivity index (χ2n) is 7.99. The van der Waals surface area contributed by atoms with Gasteiger partial charge in [-0.2, -0.15) is 11.8 Å². The predicted octanol–water partition coefficient (Wildman–Crippen LogP) is 2.73. The summed E-state index contributed by atoms with van der Waals surface area (Å²) in [5, 5.41) is 0. The van der Waals surface area contributed by atoms with Crippen LogP contribution in [-0.2, 0) is 16.0 Å². The van der Waals surface area contributed by atoms with Crippen LogP contribution in [0.2, 0.25) is 0 Å². The van der Waals surface area contributed by atoms with Crippen LogP contribution < -0.4 is 0 Å². The zero-order valence-corrected chi connectivity index (χ0v) is 18.6. The summed E-state index contributed by atoms with van der Waals surface area (Å²) in [6.45, 7) is 5.27. The van der Waals surface area contributed by atoms with E-state index in [4.69, 9.17) is 4.74 Å². The molecule has 0 unspecified atom stereocenters. The molecule has 3 rings (SSSR count). The molecule has 0 aromatic heterocycles. The monoisotopic (exact) mass is 419 g/mol. The molecule has 3 amide bonds. The predicted molar refractivity (Wildman–Crippen MR) is 117 cm³/mol. The Morgan fingerprint density at radius 1 is 1.14 bits per heavy atom. The van der Waals surface area contributed by atoms with Gasteiger partial charge in [0.25, 0.3) is 5.91 Å². The zero-order chi connectivity index (χ0) is 20.9. The number of carbonyl (C=O) groups excluding carboxylic acids is 2. The fourth-order valence-electron chi connectivity index (χ4n) is 4.52. The number of piperidine rings is 1. The van der Waals surface area contributed by atoms with Crippen molar-refractivity contribution >= 4 is 23.7 Å². The first kappa shape index (κ1) is 22.1. The molecule has 0 bridgehead atoms. The first-order valence-corrected chi connectivity index (χ1v) is 11.8. The van der Waals surface area contributed by atoms with E-state index in [0.29, 0.717) is 45.0 Å². The van der Waals surface area contributed by atoms with Crippen LogP contribution in [0.3, 0.4) is 0 Å². The zero-order valence-electron chi connectivity index (χ0n) is 17.8. The van der Waals surface area contributed by atoms with Crippen LogP contribution in [0.4, 0.5) is 4.79 Å². The summed E-state index contributed by atoms with van der Waals surface area (Å²) < 4.78 is 5.24. The lowest BCUT2D eigenvalue weighted by Crippen LogP contribution is -2.58. The number of hydrogen-bond acceptors (Lipinski definition) is 5. The Hall–Kier alpha value is -1.57. The molecule has 1 aromatic carbocycles. The number of ether oxygens (including phenoxy) is 1. The Balaban J connectivity index is 1.74. The average molecular weight is 420 g/mol. The summed E-state index contributed by atoms with van der Waals surface area (Å²) in [5.74, 6) is 1.06. The van der Waals surface area contributed by atoms with E-state index in [-0.39, 0.29) is 11.9 Å². The van der Waals surface area contributed by atoms with Crippen LogP contribution in [0, 0.1) is 0 Å². The Bertz CT molecular complexity index is 692. The van der Waals surface area contributed by atoms with Gasteiger partial charge < -0.3 is 9.64 Å². The van der Waals surface area contributed by atoms with Crippen LogP contribution in [0.25, 0.3) is 0 Å². The number of imide groups is 1. The van der Waals surface area contributed by atoms with E-state index in [1.54, 1.807) is 12.0 Å². The standard InChI is InChI=1S/C22H33N3O3S/c1-18(17-29-3)23-13-10-22(11-14-23)20(26)24(21(27)25(22)15-16-28-2)12-9-19-7-5-4-6-8-19/h4-8,18H,9-17H2,1-3H3/t18-/m0/s1. The first-order chi connectivity index (χ1) is 14.0. The van der Waals surface area contributed by atoms with E-state index in [1.165, 1.54) is 4.90 Å². The smallest absolute Gasteiger partial charge is 0.327 e. The maximum absolute atomic E-state index is 13.5. The molecule has 0 aliphatic carbocycles. The van der Waals surface area contributed by atoms with E-state index in [1.807, 2.05) is 42.1 Å². The third-order valence-electron chi connectivity index (χ3n) is 6.26. The van der Waals surface area contributed by atoms with Crippen molar-refractivity contribution in [3.63, 3.8) is 0 Å². The lowest BCUT2D eigenvalue weighted by atomic mass is 9.85. The van der Waals surface area contributed by atoms with Crippen LogP contribution in [0.5, 0.6) is 0 Å². The molecular weight excluding hydrogens is 386 g/mol. The van der Waals surface area contributed by atoms with E-state index in [0.717, 1.165) is 24.4 Å². The molecule has 160 valence electrons. The van der Waals surface area contributed by atoms with Gasteiger partial charge in [-0.1, -0.05) is 30.3 Å². The van der Waals surface area contributed by atoms with Crippen LogP contribution in [-0.4, -0.2) is 90.1 Å². The second kappa shape index (κ2) is 9.96. The number of carbonyl (C=O) groups is 2. The number of benzene rings is 1.